The van der Waals surface area contributed by atoms with Gasteiger partial charge in [-0.1, -0.05) is 35.9 Å². The highest BCUT2D eigenvalue weighted by molar-refractivity contribution is 6.30. The lowest BCUT2D eigenvalue weighted by atomic mass is 9.96. The van der Waals surface area contributed by atoms with Gasteiger partial charge in [0, 0.05) is 12.1 Å². The average Bonchev–Trinajstić information content (AvgIpc) is 2.74. The fourth-order valence-electron chi connectivity index (χ4n) is 3.65. The average molecular weight is 448 g/mol. The third-order valence-electron chi connectivity index (χ3n) is 5.41. The SMILES string of the molecule is CN(C)CCC(NC(=O)C1OCC(=O)N(C)C1c1ccc(F)cc1)c1ccc(Cl)cc1. The zero-order valence-electron chi connectivity index (χ0n) is 17.8. The van der Waals surface area contributed by atoms with Crippen molar-refractivity contribution in [1.29, 1.82) is 0 Å². The Morgan fingerprint density at radius 2 is 1.87 bits per heavy atom. The Bertz CT molecular complexity index is 905. The van der Waals surface area contributed by atoms with Gasteiger partial charge in [-0.15, -0.1) is 0 Å². The molecular formula is C23H27ClFN3O3. The van der Waals surface area contributed by atoms with E-state index in [4.69, 9.17) is 16.3 Å². The second-order valence-corrected chi connectivity index (χ2v) is 8.37. The lowest BCUT2D eigenvalue weighted by Gasteiger charge is -2.39. The predicted molar refractivity (Wildman–Crippen MR) is 117 cm³/mol. The molecule has 0 saturated carbocycles. The molecule has 1 fully saturated rings. The monoisotopic (exact) mass is 447 g/mol. The molecule has 2 amide bonds. The van der Waals surface area contributed by atoms with Crippen molar-refractivity contribution in [2.24, 2.45) is 0 Å². The number of hydrogen-bond donors (Lipinski definition) is 1. The van der Waals surface area contributed by atoms with E-state index in [-0.39, 0.29) is 30.3 Å². The summed E-state index contributed by atoms with van der Waals surface area (Å²) in [5.41, 5.74) is 1.56. The maximum absolute atomic E-state index is 13.4. The van der Waals surface area contributed by atoms with Crippen LogP contribution in [-0.4, -0.2) is 62.0 Å². The molecule has 0 spiro atoms. The molecule has 0 bridgehead atoms. The van der Waals surface area contributed by atoms with Crippen molar-refractivity contribution in [3.63, 3.8) is 0 Å². The number of nitrogens with zero attached hydrogens (tertiary/aromatic N) is 2. The highest BCUT2D eigenvalue weighted by Crippen LogP contribution is 2.30. The van der Waals surface area contributed by atoms with E-state index in [1.54, 1.807) is 31.3 Å². The Balaban J connectivity index is 1.84. The summed E-state index contributed by atoms with van der Waals surface area (Å²) in [6.07, 6.45) is -0.231. The number of halogens is 2. The summed E-state index contributed by atoms with van der Waals surface area (Å²) in [5, 5.41) is 3.70. The van der Waals surface area contributed by atoms with Crippen molar-refractivity contribution in [1.82, 2.24) is 15.1 Å². The number of carbonyl (C=O) groups excluding carboxylic acids is 2. The molecule has 0 aliphatic carbocycles. The van der Waals surface area contributed by atoms with Gasteiger partial charge in [-0.05, 0) is 62.5 Å². The van der Waals surface area contributed by atoms with Crippen LogP contribution in [0.5, 0.6) is 0 Å². The van der Waals surface area contributed by atoms with Crippen LogP contribution < -0.4 is 5.32 Å². The fraction of sp³-hybridized carbons (Fsp3) is 0.391. The third kappa shape index (κ3) is 5.81. The summed E-state index contributed by atoms with van der Waals surface area (Å²) in [6, 6.07) is 12.2. The molecule has 1 saturated heterocycles. The maximum atomic E-state index is 13.4. The van der Waals surface area contributed by atoms with Crippen LogP contribution in [0.4, 0.5) is 4.39 Å². The minimum absolute atomic E-state index is 0.185. The quantitative estimate of drug-likeness (QED) is 0.708. The molecule has 2 aromatic rings. The minimum atomic E-state index is -0.915. The summed E-state index contributed by atoms with van der Waals surface area (Å²) in [4.78, 5) is 29.1. The van der Waals surface area contributed by atoms with E-state index in [9.17, 15) is 14.0 Å². The molecule has 31 heavy (non-hydrogen) atoms. The highest BCUT2D eigenvalue weighted by Gasteiger charge is 2.40. The summed E-state index contributed by atoms with van der Waals surface area (Å²) in [5.74, 6) is -0.949. The molecule has 8 heteroatoms. The minimum Gasteiger partial charge on any atom is -0.356 e. The summed E-state index contributed by atoms with van der Waals surface area (Å²) >= 11 is 6.02. The number of ether oxygens (including phenoxy) is 1. The smallest absolute Gasteiger partial charge is 0.252 e. The standard InChI is InChI=1S/C23H27ClFN3O3/c1-27(2)13-12-19(15-4-8-17(24)9-5-15)26-23(30)22-21(28(3)20(29)14-31-22)16-6-10-18(25)11-7-16/h4-11,19,21-22H,12-14H2,1-3H3,(H,26,30). The number of rotatable bonds is 7. The number of likely N-dealkylation sites (N-methyl/N-ethyl adjacent to an activating group) is 1. The zero-order chi connectivity index (χ0) is 22.5. The molecule has 3 rings (SSSR count). The summed E-state index contributed by atoms with van der Waals surface area (Å²) in [7, 11) is 5.56. The normalized spacial score (nSPS) is 20.1. The number of amides is 2. The van der Waals surface area contributed by atoms with Crippen LogP contribution in [-0.2, 0) is 14.3 Å². The van der Waals surface area contributed by atoms with Crippen LogP contribution in [0.2, 0.25) is 5.02 Å². The fourth-order valence-corrected chi connectivity index (χ4v) is 3.77. The Morgan fingerprint density at radius 1 is 1.23 bits per heavy atom. The zero-order valence-corrected chi connectivity index (χ0v) is 18.6. The van der Waals surface area contributed by atoms with Crippen LogP contribution in [0.1, 0.15) is 29.6 Å². The summed E-state index contributed by atoms with van der Waals surface area (Å²) < 4.78 is 19.1. The van der Waals surface area contributed by atoms with E-state index in [1.807, 2.05) is 31.1 Å². The first-order valence-corrected chi connectivity index (χ1v) is 10.5. The molecule has 166 valence electrons. The largest absolute Gasteiger partial charge is 0.356 e. The van der Waals surface area contributed by atoms with Crippen molar-refractivity contribution >= 4 is 23.4 Å². The van der Waals surface area contributed by atoms with Crippen LogP contribution >= 0.6 is 11.6 Å². The van der Waals surface area contributed by atoms with Crippen LogP contribution in [0, 0.1) is 5.82 Å². The van der Waals surface area contributed by atoms with E-state index < -0.39 is 12.1 Å². The Morgan fingerprint density at radius 3 is 2.48 bits per heavy atom. The molecule has 1 aliphatic heterocycles. The van der Waals surface area contributed by atoms with E-state index >= 15 is 0 Å². The van der Waals surface area contributed by atoms with Gasteiger partial charge in [-0.25, -0.2) is 4.39 Å². The van der Waals surface area contributed by atoms with Crippen LogP contribution in [0.25, 0.3) is 0 Å². The van der Waals surface area contributed by atoms with Gasteiger partial charge in [0.15, 0.2) is 6.10 Å². The Hall–Kier alpha value is -2.48. The van der Waals surface area contributed by atoms with Crippen molar-refractivity contribution < 1.29 is 18.7 Å². The Labute approximate surface area is 186 Å². The molecule has 3 unspecified atom stereocenters. The molecule has 0 radical (unpaired) electrons. The second kappa shape index (κ2) is 10.2. The van der Waals surface area contributed by atoms with Crippen LogP contribution in [0.3, 0.4) is 0 Å². The third-order valence-corrected chi connectivity index (χ3v) is 5.66. The van der Waals surface area contributed by atoms with Gasteiger partial charge in [0.25, 0.3) is 5.91 Å². The lowest BCUT2D eigenvalue weighted by Crippen LogP contribution is -2.53. The number of morpholine rings is 1. The number of hydrogen-bond acceptors (Lipinski definition) is 4. The first kappa shape index (κ1) is 23.2. The van der Waals surface area contributed by atoms with Gasteiger partial charge < -0.3 is 19.9 Å². The molecule has 1 aliphatic rings. The van der Waals surface area contributed by atoms with Crippen molar-refractivity contribution in [3.8, 4) is 0 Å². The van der Waals surface area contributed by atoms with Gasteiger partial charge in [-0.2, -0.15) is 0 Å². The molecule has 1 heterocycles. The first-order chi connectivity index (χ1) is 14.8. The lowest BCUT2D eigenvalue weighted by molar-refractivity contribution is -0.162. The van der Waals surface area contributed by atoms with Gasteiger partial charge in [0.2, 0.25) is 5.91 Å². The topological polar surface area (TPSA) is 61.9 Å². The maximum Gasteiger partial charge on any atom is 0.252 e. The van der Waals surface area contributed by atoms with Gasteiger partial charge >= 0.3 is 0 Å². The molecule has 2 aromatic carbocycles. The Kier molecular flexibility index (Phi) is 7.64. The molecular weight excluding hydrogens is 421 g/mol. The number of carbonyl (C=O) groups is 2. The van der Waals surface area contributed by atoms with Crippen molar-refractivity contribution in [2.45, 2.75) is 24.6 Å². The van der Waals surface area contributed by atoms with E-state index in [1.165, 1.54) is 17.0 Å². The van der Waals surface area contributed by atoms with Gasteiger partial charge in [0.05, 0.1) is 12.1 Å². The van der Waals surface area contributed by atoms with Gasteiger partial charge in [0.1, 0.15) is 12.4 Å². The van der Waals surface area contributed by atoms with Crippen molar-refractivity contribution in [3.05, 3.63) is 70.5 Å². The predicted octanol–water partition coefficient (Wildman–Crippen LogP) is 3.19. The first-order valence-electron chi connectivity index (χ1n) is 10.1. The van der Waals surface area contributed by atoms with E-state index in [0.29, 0.717) is 17.0 Å². The summed E-state index contributed by atoms with van der Waals surface area (Å²) in [6.45, 7) is 0.578. The molecule has 6 nitrogen and oxygen atoms in total. The molecule has 1 N–H and O–H groups in total. The molecule has 0 aromatic heterocycles. The van der Waals surface area contributed by atoms with Gasteiger partial charge in [-0.3, -0.25) is 9.59 Å². The van der Waals surface area contributed by atoms with Crippen molar-refractivity contribution in [2.75, 3.05) is 34.3 Å². The van der Waals surface area contributed by atoms with E-state index in [0.717, 1.165) is 12.1 Å². The number of nitrogens with one attached hydrogen (secondary N) is 1. The second-order valence-electron chi connectivity index (χ2n) is 7.94. The highest BCUT2D eigenvalue weighted by atomic mass is 35.5. The van der Waals surface area contributed by atoms with Crippen LogP contribution in [0.15, 0.2) is 48.5 Å². The number of benzene rings is 2. The molecule has 3 atom stereocenters. The van der Waals surface area contributed by atoms with E-state index in [2.05, 4.69) is 5.32 Å².